The van der Waals surface area contributed by atoms with Gasteiger partial charge in [0.15, 0.2) is 12.4 Å². The van der Waals surface area contributed by atoms with Crippen LogP contribution in [-0.2, 0) is 4.79 Å². The van der Waals surface area contributed by atoms with E-state index in [4.69, 9.17) is 10.00 Å². The standard InChI is InChI=1S/C21H20N2O3/c22-14-18-8-4-5-9-19(18)26-15-20(24)23-12-10-17(11-13-23)21(25)16-6-2-1-3-7-16/h1-9,17H,10-13,15H2. The molecule has 1 heterocycles. The highest BCUT2D eigenvalue weighted by Gasteiger charge is 2.28. The van der Waals surface area contributed by atoms with Crippen molar-refractivity contribution in [3.05, 3.63) is 65.7 Å². The first-order chi connectivity index (χ1) is 12.7. The van der Waals surface area contributed by atoms with Crippen LogP contribution >= 0.6 is 0 Å². The molecule has 1 aliphatic rings. The van der Waals surface area contributed by atoms with E-state index in [0.717, 1.165) is 5.56 Å². The summed E-state index contributed by atoms with van der Waals surface area (Å²) in [6.07, 6.45) is 1.32. The second-order valence-electron chi connectivity index (χ2n) is 6.28. The number of para-hydroxylation sites is 1. The first kappa shape index (κ1) is 17.7. The number of piperidine rings is 1. The van der Waals surface area contributed by atoms with Gasteiger partial charge in [-0.05, 0) is 25.0 Å². The molecule has 1 saturated heterocycles. The Balaban J connectivity index is 1.51. The number of amides is 1. The van der Waals surface area contributed by atoms with Crippen molar-refractivity contribution in [1.82, 2.24) is 4.90 Å². The fraction of sp³-hybridized carbons (Fsp3) is 0.286. The summed E-state index contributed by atoms with van der Waals surface area (Å²) in [7, 11) is 0. The van der Waals surface area contributed by atoms with Gasteiger partial charge in [-0.25, -0.2) is 0 Å². The number of likely N-dealkylation sites (tertiary alicyclic amines) is 1. The zero-order valence-electron chi connectivity index (χ0n) is 14.4. The van der Waals surface area contributed by atoms with Crippen LogP contribution in [-0.4, -0.2) is 36.3 Å². The molecule has 0 unspecified atom stereocenters. The van der Waals surface area contributed by atoms with Crippen LogP contribution in [0.15, 0.2) is 54.6 Å². The molecule has 0 bridgehead atoms. The van der Waals surface area contributed by atoms with Gasteiger partial charge in [-0.15, -0.1) is 0 Å². The van der Waals surface area contributed by atoms with Gasteiger partial charge >= 0.3 is 0 Å². The predicted molar refractivity (Wildman–Crippen MR) is 96.7 cm³/mol. The Morgan fingerprint density at radius 2 is 1.69 bits per heavy atom. The van der Waals surface area contributed by atoms with E-state index in [-0.39, 0.29) is 24.2 Å². The van der Waals surface area contributed by atoms with E-state index in [1.807, 2.05) is 36.4 Å². The van der Waals surface area contributed by atoms with Crippen molar-refractivity contribution in [2.75, 3.05) is 19.7 Å². The molecule has 0 saturated carbocycles. The summed E-state index contributed by atoms with van der Waals surface area (Å²) in [5.41, 5.74) is 1.14. The van der Waals surface area contributed by atoms with Gasteiger partial charge in [0.05, 0.1) is 5.56 Å². The molecular weight excluding hydrogens is 328 g/mol. The third-order valence-corrected chi connectivity index (χ3v) is 4.64. The van der Waals surface area contributed by atoms with Crippen LogP contribution in [0.1, 0.15) is 28.8 Å². The summed E-state index contributed by atoms with van der Waals surface area (Å²) < 4.78 is 5.51. The molecular formula is C21H20N2O3. The average molecular weight is 348 g/mol. The SMILES string of the molecule is N#Cc1ccccc1OCC(=O)N1CCC(C(=O)c2ccccc2)CC1. The maximum absolute atomic E-state index is 12.5. The fourth-order valence-corrected chi connectivity index (χ4v) is 3.14. The smallest absolute Gasteiger partial charge is 0.260 e. The Kier molecular flexibility index (Phi) is 5.65. The van der Waals surface area contributed by atoms with E-state index in [0.29, 0.717) is 37.2 Å². The fourth-order valence-electron chi connectivity index (χ4n) is 3.14. The van der Waals surface area contributed by atoms with Gasteiger partial charge in [0, 0.05) is 24.6 Å². The number of hydrogen-bond acceptors (Lipinski definition) is 4. The Morgan fingerprint density at radius 1 is 1.04 bits per heavy atom. The van der Waals surface area contributed by atoms with Gasteiger partial charge in [-0.2, -0.15) is 5.26 Å². The summed E-state index contributed by atoms with van der Waals surface area (Å²) in [6.45, 7) is 0.993. The van der Waals surface area contributed by atoms with Gasteiger partial charge in [0.2, 0.25) is 0 Å². The summed E-state index contributed by atoms with van der Waals surface area (Å²) >= 11 is 0. The molecule has 5 heteroatoms. The van der Waals surface area contributed by atoms with Crippen molar-refractivity contribution >= 4 is 11.7 Å². The van der Waals surface area contributed by atoms with E-state index in [9.17, 15) is 9.59 Å². The molecule has 0 N–H and O–H groups in total. The minimum Gasteiger partial charge on any atom is -0.482 e. The maximum Gasteiger partial charge on any atom is 0.260 e. The van der Waals surface area contributed by atoms with Gasteiger partial charge in [-0.1, -0.05) is 42.5 Å². The predicted octanol–water partition coefficient (Wildman–Crippen LogP) is 3.06. The van der Waals surface area contributed by atoms with Crippen molar-refractivity contribution in [3.63, 3.8) is 0 Å². The third-order valence-electron chi connectivity index (χ3n) is 4.64. The largest absolute Gasteiger partial charge is 0.482 e. The van der Waals surface area contributed by atoms with Crippen LogP contribution < -0.4 is 4.74 Å². The number of ketones is 1. The molecule has 2 aromatic rings. The second kappa shape index (κ2) is 8.30. The van der Waals surface area contributed by atoms with Crippen LogP contribution in [0.5, 0.6) is 5.75 Å². The number of nitriles is 1. The lowest BCUT2D eigenvalue weighted by Gasteiger charge is -2.31. The lowest BCUT2D eigenvalue weighted by atomic mass is 9.89. The Bertz CT molecular complexity index is 819. The average Bonchev–Trinajstić information content (AvgIpc) is 2.72. The molecule has 0 aromatic heterocycles. The van der Waals surface area contributed by atoms with Gasteiger partial charge in [-0.3, -0.25) is 9.59 Å². The molecule has 0 radical (unpaired) electrons. The van der Waals surface area contributed by atoms with Crippen LogP contribution in [0.3, 0.4) is 0 Å². The molecule has 26 heavy (non-hydrogen) atoms. The molecule has 0 atom stereocenters. The highest BCUT2D eigenvalue weighted by molar-refractivity contribution is 5.98. The Hall–Kier alpha value is -3.13. The van der Waals surface area contributed by atoms with E-state index >= 15 is 0 Å². The number of nitrogens with zero attached hydrogens (tertiary/aromatic N) is 2. The highest BCUT2D eigenvalue weighted by atomic mass is 16.5. The molecule has 132 valence electrons. The minimum absolute atomic E-state index is 0.0401. The summed E-state index contributed by atoms with van der Waals surface area (Å²) in [5, 5.41) is 9.05. The number of rotatable bonds is 5. The second-order valence-corrected chi connectivity index (χ2v) is 6.28. The molecule has 2 aromatic carbocycles. The summed E-state index contributed by atoms with van der Waals surface area (Å²) in [4.78, 5) is 26.6. The van der Waals surface area contributed by atoms with E-state index < -0.39 is 0 Å². The molecule has 1 amide bonds. The van der Waals surface area contributed by atoms with Crippen LogP contribution in [0.4, 0.5) is 0 Å². The molecule has 3 rings (SSSR count). The number of hydrogen-bond donors (Lipinski definition) is 0. The van der Waals surface area contributed by atoms with Crippen molar-refractivity contribution in [2.24, 2.45) is 5.92 Å². The first-order valence-corrected chi connectivity index (χ1v) is 8.68. The molecule has 5 nitrogen and oxygen atoms in total. The van der Waals surface area contributed by atoms with Gasteiger partial charge < -0.3 is 9.64 Å². The normalized spacial score (nSPS) is 14.5. The number of benzene rings is 2. The summed E-state index contributed by atoms with van der Waals surface area (Å²) in [5.74, 6) is 0.402. The molecule has 1 fully saturated rings. The van der Waals surface area contributed by atoms with E-state index in [2.05, 4.69) is 0 Å². The van der Waals surface area contributed by atoms with Gasteiger partial charge in [0.25, 0.3) is 5.91 Å². The number of Topliss-reactive ketones (excluding diaryl/α,β-unsaturated/α-hetero) is 1. The van der Waals surface area contributed by atoms with E-state index in [1.165, 1.54) is 0 Å². The Morgan fingerprint density at radius 3 is 2.38 bits per heavy atom. The molecule has 1 aliphatic heterocycles. The quantitative estimate of drug-likeness (QED) is 0.779. The zero-order valence-corrected chi connectivity index (χ0v) is 14.4. The number of ether oxygens (including phenoxy) is 1. The topological polar surface area (TPSA) is 70.4 Å². The van der Waals surface area contributed by atoms with E-state index in [1.54, 1.807) is 29.2 Å². The van der Waals surface area contributed by atoms with Crippen molar-refractivity contribution in [3.8, 4) is 11.8 Å². The lowest BCUT2D eigenvalue weighted by molar-refractivity contribution is -0.134. The number of carbonyl (C=O) groups excluding carboxylic acids is 2. The number of carbonyl (C=O) groups is 2. The lowest BCUT2D eigenvalue weighted by Crippen LogP contribution is -2.42. The highest BCUT2D eigenvalue weighted by Crippen LogP contribution is 2.22. The third kappa shape index (κ3) is 4.09. The zero-order chi connectivity index (χ0) is 18.4. The Labute approximate surface area is 152 Å². The minimum atomic E-state index is -0.122. The van der Waals surface area contributed by atoms with Crippen molar-refractivity contribution in [1.29, 1.82) is 5.26 Å². The molecule has 0 aliphatic carbocycles. The summed E-state index contributed by atoms with van der Waals surface area (Å²) in [6, 6.07) is 18.2. The van der Waals surface area contributed by atoms with Crippen LogP contribution in [0, 0.1) is 17.2 Å². The van der Waals surface area contributed by atoms with Gasteiger partial charge in [0.1, 0.15) is 11.8 Å². The monoisotopic (exact) mass is 348 g/mol. The van der Waals surface area contributed by atoms with Crippen LogP contribution in [0.25, 0.3) is 0 Å². The first-order valence-electron chi connectivity index (χ1n) is 8.68. The molecule has 0 spiro atoms. The van der Waals surface area contributed by atoms with Crippen molar-refractivity contribution in [2.45, 2.75) is 12.8 Å². The van der Waals surface area contributed by atoms with Crippen LogP contribution in [0.2, 0.25) is 0 Å². The van der Waals surface area contributed by atoms with Crippen molar-refractivity contribution < 1.29 is 14.3 Å². The maximum atomic E-state index is 12.5.